The molecule has 22 heavy (non-hydrogen) atoms. The lowest BCUT2D eigenvalue weighted by Crippen LogP contribution is -2.17. The number of halogens is 1. The minimum absolute atomic E-state index is 0.623. The number of nitrogens with one attached hydrogen (secondary N) is 1. The Bertz CT molecular complexity index is 427. The fourth-order valence-electron chi connectivity index (χ4n) is 2.01. The monoisotopic (exact) mass is 373 g/mol. The highest BCUT2D eigenvalue weighted by atomic mass is 79.9. The number of methoxy groups -OCH3 is 1. The molecule has 1 N–H and O–H groups in total. The number of hydrogen-bond donors (Lipinski definition) is 1. The summed E-state index contributed by atoms with van der Waals surface area (Å²) in [5.41, 5.74) is 1.16. The Labute approximate surface area is 142 Å². The molecule has 0 heterocycles. The lowest BCUT2D eigenvalue weighted by atomic mass is 10.2. The molecule has 5 heteroatoms. The van der Waals surface area contributed by atoms with Gasteiger partial charge in [0, 0.05) is 24.2 Å². The van der Waals surface area contributed by atoms with Crippen LogP contribution in [0.1, 0.15) is 38.7 Å². The van der Waals surface area contributed by atoms with Crippen molar-refractivity contribution in [2.24, 2.45) is 0 Å². The molecule has 0 saturated heterocycles. The smallest absolute Gasteiger partial charge is 0.162 e. The van der Waals surface area contributed by atoms with Crippen molar-refractivity contribution in [3.05, 3.63) is 22.2 Å². The summed E-state index contributed by atoms with van der Waals surface area (Å²) >= 11 is 3.59. The zero-order valence-electron chi connectivity index (χ0n) is 13.9. The van der Waals surface area contributed by atoms with Gasteiger partial charge in [-0.2, -0.15) is 0 Å². The Balaban J connectivity index is 2.36. The molecule has 0 aromatic heterocycles. The Hall–Kier alpha value is -0.780. The van der Waals surface area contributed by atoms with Gasteiger partial charge >= 0.3 is 0 Å². The van der Waals surface area contributed by atoms with Gasteiger partial charge < -0.3 is 19.5 Å². The fourth-order valence-corrected chi connectivity index (χ4v) is 2.47. The van der Waals surface area contributed by atoms with Crippen molar-refractivity contribution in [1.82, 2.24) is 5.32 Å². The van der Waals surface area contributed by atoms with E-state index >= 15 is 0 Å². The molecule has 0 aliphatic carbocycles. The molecule has 0 fully saturated rings. The van der Waals surface area contributed by atoms with Crippen LogP contribution in [0.15, 0.2) is 16.6 Å². The molecular weight excluding hydrogens is 346 g/mol. The standard InChI is InChI=1S/C17H28BrNO3/c1-4-6-9-21-10-7-8-19-13-14-11-16(20-3)17(22-5-2)12-15(14)18/h11-12,19H,4-10,13H2,1-3H3. The molecule has 0 radical (unpaired) electrons. The first kappa shape index (κ1) is 19.3. The van der Waals surface area contributed by atoms with Crippen molar-refractivity contribution in [2.75, 3.05) is 33.5 Å². The zero-order valence-corrected chi connectivity index (χ0v) is 15.5. The van der Waals surface area contributed by atoms with Crippen LogP contribution >= 0.6 is 15.9 Å². The summed E-state index contributed by atoms with van der Waals surface area (Å²) in [5, 5.41) is 3.43. The van der Waals surface area contributed by atoms with Gasteiger partial charge in [0.05, 0.1) is 13.7 Å². The van der Waals surface area contributed by atoms with Crippen molar-refractivity contribution in [1.29, 1.82) is 0 Å². The number of hydrogen-bond acceptors (Lipinski definition) is 4. The molecule has 0 spiro atoms. The Kier molecular flexibility index (Phi) is 10.3. The second-order valence-electron chi connectivity index (χ2n) is 5.02. The summed E-state index contributed by atoms with van der Waals surface area (Å²) < 4.78 is 17.5. The minimum Gasteiger partial charge on any atom is -0.493 e. The third-order valence-corrected chi connectivity index (χ3v) is 3.97. The predicted octanol–water partition coefficient (Wildman–Crippen LogP) is 4.15. The topological polar surface area (TPSA) is 39.7 Å². The number of ether oxygens (including phenoxy) is 3. The molecule has 0 unspecified atom stereocenters. The van der Waals surface area contributed by atoms with Gasteiger partial charge in [0.15, 0.2) is 11.5 Å². The molecule has 0 amide bonds. The SMILES string of the molecule is CCCCOCCCNCc1cc(OC)c(OCC)cc1Br. The minimum atomic E-state index is 0.623. The van der Waals surface area contributed by atoms with Crippen LogP contribution in [-0.2, 0) is 11.3 Å². The molecule has 1 aromatic carbocycles. The number of rotatable bonds is 12. The fraction of sp³-hybridized carbons (Fsp3) is 0.647. The predicted molar refractivity (Wildman–Crippen MR) is 93.9 cm³/mol. The van der Waals surface area contributed by atoms with Crippen LogP contribution in [0.25, 0.3) is 0 Å². The highest BCUT2D eigenvalue weighted by Crippen LogP contribution is 2.33. The van der Waals surface area contributed by atoms with Crippen molar-refractivity contribution >= 4 is 15.9 Å². The molecule has 1 rings (SSSR count). The summed E-state index contributed by atoms with van der Waals surface area (Å²) in [4.78, 5) is 0. The van der Waals surface area contributed by atoms with E-state index in [0.717, 1.165) is 60.7 Å². The maximum Gasteiger partial charge on any atom is 0.162 e. The first-order chi connectivity index (χ1) is 10.7. The highest BCUT2D eigenvalue weighted by Gasteiger charge is 2.09. The average Bonchev–Trinajstić information content (AvgIpc) is 2.52. The summed E-state index contributed by atoms with van der Waals surface area (Å²) in [5.74, 6) is 1.54. The lowest BCUT2D eigenvalue weighted by Gasteiger charge is -2.13. The maximum atomic E-state index is 5.56. The second-order valence-corrected chi connectivity index (χ2v) is 5.88. The third-order valence-electron chi connectivity index (χ3n) is 3.23. The van der Waals surface area contributed by atoms with E-state index in [0.29, 0.717) is 6.61 Å². The van der Waals surface area contributed by atoms with Gasteiger partial charge in [0.25, 0.3) is 0 Å². The Morgan fingerprint density at radius 2 is 1.86 bits per heavy atom. The van der Waals surface area contributed by atoms with Crippen LogP contribution < -0.4 is 14.8 Å². The molecule has 126 valence electrons. The van der Waals surface area contributed by atoms with Crippen LogP contribution in [0, 0.1) is 0 Å². The van der Waals surface area contributed by atoms with Crippen LogP contribution in [0.5, 0.6) is 11.5 Å². The van der Waals surface area contributed by atoms with Crippen LogP contribution in [0.3, 0.4) is 0 Å². The van der Waals surface area contributed by atoms with Crippen molar-refractivity contribution in [3.8, 4) is 11.5 Å². The van der Waals surface area contributed by atoms with Crippen LogP contribution in [0.2, 0.25) is 0 Å². The van der Waals surface area contributed by atoms with Gasteiger partial charge in [-0.3, -0.25) is 0 Å². The third kappa shape index (κ3) is 6.99. The van der Waals surface area contributed by atoms with Gasteiger partial charge in [-0.25, -0.2) is 0 Å². The normalized spacial score (nSPS) is 10.7. The van der Waals surface area contributed by atoms with Crippen molar-refractivity contribution < 1.29 is 14.2 Å². The zero-order chi connectivity index (χ0) is 16.2. The second kappa shape index (κ2) is 11.7. The molecule has 0 atom stereocenters. The van der Waals surface area contributed by atoms with Gasteiger partial charge in [0.1, 0.15) is 0 Å². The number of unbranched alkanes of at least 4 members (excludes halogenated alkanes) is 1. The lowest BCUT2D eigenvalue weighted by molar-refractivity contribution is 0.128. The molecule has 0 aliphatic rings. The quantitative estimate of drug-likeness (QED) is 0.558. The average molecular weight is 374 g/mol. The van der Waals surface area contributed by atoms with Crippen LogP contribution in [-0.4, -0.2) is 33.5 Å². The molecular formula is C17H28BrNO3. The van der Waals surface area contributed by atoms with E-state index in [4.69, 9.17) is 14.2 Å². The molecule has 1 aromatic rings. The summed E-state index contributed by atoms with van der Waals surface area (Å²) in [6.07, 6.45) is 3.35. The van der Waals surface area contributed by atoms with Gasteiger partial charge in [0.2, 0.25) is 0 Å². The van der Waals surface area contributed by atoms with E-state index < -0.39 is 0 Å². The molecule has 0 bridgehead atoms. The van der Waals surface area contributed by atoms with E-state index in [1.165, 1.54) is 6.42 Å². The van der Waals surface area contributed by atoms with E-state index in [1.54, 1.807) is 7.11 Å². The maximum absolute atomic E-state index is 5.56. The molecule has 0 saturated carbocycles. The first-order valence-electron chi connectivity index (χ1n) is 8.00. The van der Waals surface area contributed by atoms with E-state index in [-0.39, 0.29) is 0 Å². The van der Waals surface area contributed by atoms with Crippen molar-refractivity contribution in [3.63, 3.8) is 0 Å². The van der Waals surface area contributed by atoms with Crippen molar-refractivity contribution in [2.45, 2.75) is 39.7 Å². The first-order valence-corrected chi connectivity index (χ1v) is 8.79. The highest BCUT2D eigenvalue weighted by molar-refractivity contribution is 9.10. The summed E-state index contributed by atoms with van der Waals surface area (Å²) in [6, 6.07) is 3.98. The van der Waals surface area contributed by atoms with Crippen LogP contribution in [0.4, 0.5) is 0 Å². The van der Waals surface area contributed by atoms with Gasteiger partial charge in [-0.15, -0.1) is 0 Å². The molecule has 4 nitrogen and oxygen atoms in total. The van der Waals surface area contributed by atoms with E-state index in [1.807, 2.05) is 19.1 Å². The number of benzene rings is 1. The summed E-state index contributed by atoms with van der Waals surface area (Å²) in [7, 11) is 1.66. The largest absolute Gasteiger partial charge is 0.493 e. The Morgan fingerprint density at radius 3 is 2.55 bits per heavy atom. The van der Waals surface area contributed by atoms with Gasteiger partial charge in [-0.1, -0.05) is 29.3 Å². The summed E-state index contributed by atoms with van der Waals surface area (Å²) in [6.45, 7) is 8.18. The van der Waals surface area contributed by atoms with E-state index in [9.17, 15) is 0 Å². The van der Waals surface area contributed by atoms with E-state index in [2.05, 4.69) is 28.2 Å². The molecule has 0 aliphatic heterocycles. The van der Waals surface area contributed by atoms with Gasteiger partial charge in [-0.05, 0) is 44.0 Å². The Morgan fingerprint density at radius 1 is 1.09 bits per heavy atom.